The van der Waals surface area contributed by atoms with Gasteiger partial charge in [-0.25, -0.2) is 0 Å². The highest BCUT2D eigenvalue weighted by Gasteiger charge is 2.24. The van der Waals surface area contributed by atoms with E-state index in [0.717, 1.165) is 37.2 Å². The summed E-state index contributed by atoms with van der Waals surface area (Å²) in [5.74, 6) is 0.599. The molecule has 1 aliphatic heterocycles. The number of nitrogens with one attached hydrogen (secondary N) is 1. The lowest BCUT2D eigenvalue weighted by molar-refractivity contribution is -0.114. The van der Waals surface area contributed by atoms with E-state index in [1.165, 1.54) is 12.5 Å². The van der Waals surface area contributed by atoms with Gasteiger partial charge in [0.15, 0.2) is 0 Å². The SMILES string of the molecule is CC(=O)Nc1ccc(C(=O)N(Cc2cccc(OCCc3ccsc3)c2)C[C@@H]2CCCO2)cc1. The molecule has 1 N–H and O–H groups in total. The van der Waals surface area contributed by atoms with Crippen molar-refractivity contribution in [3.63, 3.8) is 0 Å². The molecule has 0 unspecified atom stereocenters. The van der Waals surface area contributed by atoms with Crippen LogP contribution in [-0.4, -0.2) is 42.6 Å². The minimum atomic E-state index is -0.142. The topological polar surface area (TPSA) is 67.9 Å². The summed E-state index contributed by atoms with van der Waals surface area (Å²) in [6, 6.07) is 17.0. The number of benzene rings is 2. The molecule has 1 saturated heterocycles. The largest absolute Gasteiger partial charge is 0.493 e. The minimum Gasteiger partial charge on any atom is -0.493 e. The van der Waals surface area contributed by atoms with E-state index < -0.39 is 0 Å². The van der Waals surface area contributed by atoms with Gasteiger partial charge in [0, 0.05) is 44.3 Å². The molecule has 4 rings (SSSR count). The standard InChI is InChI=1S/C27H30N2O4S/c1-20(30)28-24-9-7-23(8-10-24)27(31)29(18-26-6-3-13-32-26)17-22-4-2-5-25(16-22)33-14-11-21-12-15-34-19-21/h2,4-5,7-10,12,15-16,19,26H,3,6,11,13-14,17-18H2,1H3,(H,28,30)/t26-/m0/s1. The molecule has 2 heterocycles. The van der Waals surface area contributed by atoms with Crippen LogP contribution < -0.4 is 10.1 Å². The van der Waals surface area contributed by atoms with Crippen molar-refractivity contribution in [2.24, 2.45) is 0 Å². The zero-order chi connectivity index (χ0) is 23.8. The van der Waals surface area contributed by atoms with Crippen LogP contribution in [0.25, 0.3) is 0 Å². The number of rotatable bonds is 10. The van der Waals surface area contributed by atoms with Gasteiger partial charge in [0.1, 0.15) is 5.75 Å². The molecule has 2 aromatic carbocycles. The van der Waals surface area contributed by atoms with Gasteiger partial charge in [0.2, 0.25) is 5.91 Å². The van der Waals surface area contributed by atoms with Gasteiger partial charge in [-0.2, -0.15) is 11.3 Å². The smallest absolute Gasteiger partial charge is 0.254 e. The summed E-state index contributed by atoms with van der Waals surface area (Å²) >= 11 is 1.69. The van der Waals surface area contributed by atoms with Crippen molar-refractivity contribution in [2.75, 3.05) is 25.1 Å². The molecule has 1 aromatic heterocycles. The monoisotopic (exact) mass is 478 g/mol. The Labute approximate surface area is 204 Å². The average molecular weight is 479 g/mol. The lowest BCUT2D eigenvalue weighted by Crippen LogP contribution is -2.37. The zero-order valence-corrected chi connectivity index (χ0v) is 20.2. The van der Waals surface area contributed by atoms with Gasteiger partial charge in [0.05, 0.1) is 12.7 Å². The van der Waals surface area contributed by atoms with Crippen LogP contribution in [0.4, 0.5) is 5.69 Å². The van der Waals surface area contributed by atoms with Crippen molar-refractivity contribution in [3.8, 4) is 5.75 Å². The van der Waals surface area contributed by atoms with Gasteiger partial charge < -0.3 is 19.7 Å². The number of thiophene rings is 1. The second-order valence-electron chi connectivity index (χ2n) is 8.46. The number of carbonyl (C=O) groups is 2. The Hall–Kier alpha value is -3.16. The van der Waals surface area contributed by atoms with Crippen molar-refractivity contribution in [1.82, 2.24) is 4.90 Å². The van der Waals surface area contributed by atoms with Crippen LogP contribution in [-0.2, 0) is 22.5 Å². The van der Waals surface area contributed by atoms with Gasteiger partial charge in [-0.3, -0.25) is 9.59 Å². The summed E-state index contributed by atoms with van der Waals surface area (Å²) in [6.07, 6.45) is 2.89. The zero-order valence-electron chi connectivity index (χ0n) is 19.4. The number of nitrogens with zero attached hydrogens (tertiary/aromatic N) is 1. The second-order valence-corrected chi connectivity index (χ2v) is 9.24. The van der Waals surface area contributed by atoms with Crippen molar-refractivity contribution < 1.29 is 19.1 Å². The van der Waals surface area contributed by atoms with Gasteiger partial charge in [-0.05, 0) is 77.2 Å². The maximum Gasteiger partial charge on any atom is 0.254 e. The Balaban J connectivity index is 1.44. The molecule has 2 amide bonds. The molecular formula is C27H30N2O4S. The number of hydrogen-bond acceptors (Lipinski definition) is 5. The van der Waals surface area contributed by atoms with E-state index in [2.05, 4.69) is 22.1 Å². The van der Waals surface area contributed by atoms with E-state index in [-0.39, 0.29) is 17.9 Å². The summed E-state index contributed by atoms with van der Waals surface area (Å²) in [4.78, 5) is 26.5. The molecule has 0 aliphatic carbocycles. The van der Waals surface area contributed by atoms with Crippen molar-refractivity contribution in [3.05, 3.63) is 82.0 Å². The Kier molecular flexibility index (Phi) is 8.33. The van der Waals surface area contributed by atoms with E-state index >= 15 is 0 Å². The van der Waals surface area contributed by atoms with E-state index in [1.54, 1.807) is 35.6 Å². The first-order chi connectivity index (χ1) is 16.6. The quantitative estimate of drug-likeness (QED) is 0.438. The van der Waals surface area contributed by atoms with Gasteiger partial charge in [-0.15, -0.1) is 0 Å². The van der Waals surface area contributed by atoms with Crippen molar-refractivity contribution in [1.29, 1.82) is 0 Å². The Morgan fingerprint density at radius 2 is 2.00 bits per heavy atom. The summed E-state index contributed by atoms with van der Waals surface area (Å²) in [5.41, 5.74) is 3.53. The molecule has 178 valence electrons. The molecule has 6 nitrogen and oxygen atoms in total. The Morgan fingerprint density at radius 1 is 1.15 bits per heavy atom. The van der Waals surface area contributed by atoms with Crippen LogP contribution in [0, 0.1) is 0 Å². The summed E-state index contributed by atoms with van der Waals surface area (Å²) in [6.45, 7) is 3.82. The maximum atomic E-state index is 13.4. The maximum absolute atomic E-state index is 13.4. The van der Waals surface area contributed by atoms with Crippen LogP contribution >= 0.6 is 11.3 Å². The fourth-order valence-corrected chi connectivity index (χ4v) is 4.71. The third kappa shape index (κ3) is 6.92. The summed E-state index contributed by atoms with van der Waals surface area (Å²) < 4.78 is 11.8. The Bertz CT molecular complexity index is 1080. The predicted molar refractivity (Wildman–Crippen MR) is 134 cm³/mol. The number of ether oxygens (including phenoxy) is 2. The first kappa shape index (κ1) is 24.0. The predicted octanol–water partition coefficient (Wildman–Crippen LogP) is 5.15. The van der Waals surface area contributed by atoms with Gasteiger partial charge >= 0.3 is 0 Å². The van der Waals surface area contributed by atoms with E-state index in [4.69, 9.17) is 9.47 Å². The molecule has 0 spiro atoms. The first-order valence-electron chi connectivity index (χ1n) is 11.6. The molecule has 0 saturated carbocycles. The molecule has 1 atom stereocenters. The highest BCUT2D eigenvalue weighted by molar-refractivity contribution is 7.07. The lowest BCUT2D eigenvalue weighted by atomic mass is 10.1. The van der Waals surface area contributed by atoms with Crippen molar-refractivity contribution >= 4 is 28.8 Å². The molecule has 1 fully saturated rings. The van der Waals surface area contributed by atoms with Crippen LogP contribution in [0.15, 0.2) is 65.4 Å². The molecule has 1 aliphatic rings. The fourth-order valence-electron chi connectivity index (χ4n) is 4.01. The summed E-state index contributed by atoms with van der Waals surface area (Å²) in [5, 5.41) is 6.94. The highest BCUT2D eigenvalue weighted by atomic mass is 32.1. The number of amides is 2. The van der Waals surface area contributed by atoms with Crippen LogP contribution in [0.5, 0.6) is 5.75 Å². The van der Waals surface area contributed by atoms with Crippen LogP contribution in [0.1, 0.15) is 41.3 Å². The molecule has 7 heteroatoms. The third-order valence-electron chi connectivity index (χ3n) is 5.70. The minimum absolute atomic E-state index is 0.0487. The van der Waals surface area contributed by atoms with Gasteiger partial charge in [0.25, 0.3) is 5.91 Å². The van der Waals surface area contributed by atoms with E-state index in [1.807, 2.05) is 29.2 Å². The normalized spacial score (nSPS) is 15.1. The van der Waals surface area contributed by atoms with Crippen LogP contribution in [0.3, 0.4) is 0 Å². The third-order valence-corrected chi connectivity index (χ3v) is 6.43. The number of hydrogen-bond donors (Lipinski definition) is 1. The van der Waals surface area contributed by atoms with Crippen LogP contribution in [0.2, 0.25) is 0 Å². The van der Waals surface area contributed by atoms with Crippen molar-refractivity contribution in [2.45, 2.75) is 38.8 Å². The van der Waals surface area contributed by atoms with E-state index in [9.17, 15) is 9.59 Å². The number of carbonyl (C=O) groups excluding carboxylic acids is 2. The highest BCUT2D eigenvalue weighted by Crippen LogP contribution is 2.21. The average Bonchev–Trinajstić information content (AvgIpc) is 3.53. The van der Waals surface area contributed by atoms with E-state index in [0.29, 0.717) is 30.9 Å². The molecule has 0 radical (unpaired) electrons. The lowest BCUT2D eigenvalue weighted by Gasteiger charge is -2.26. The molecule has 0 bridgehead atoms. The molecule has 34 heavy (non-hydrogen) atoms. The van der Waals surface area contributed by atoms with Gasteiger partial charge in [-0.1, -0.05) is 12.1 Å². The summed E-state index contributed by atoms with van der Waals surface area (Å²) in [7, 11) is 0. The second kappa shape index (κ2) is 11.8. The number of anilines is 1. The first-order valence-corrected chi connectivity index (χ1v) is 12.5. The molecular weight excluding hydrogens is 448 g/mol. The molecule has 3 aromatic rings. The Morgan fingerprint density at radius 3 is 2.71 bits per heavy atom. The fraction of sp³-hybridized carbons (Fsp3) is 0.333.